The highest BCUT2D eigenvalue weighted by Crippen LogP contribution is 2.34. The molecule has 1 fully saturated rings. The molecule has 1 aromatic rings. The van der Waals surface area contributed by atoms with Gasteiger partial charge in [-0.25, -0.2) is 0 Å². The Balaban J connectivity index is 1.72. The van der Waals surface area contributed by atoms with E-state index in [-0.39, 0.29) is 25.0 Å². The Labute approximate surface area is 116 Å². The SMILES string of the molecule is CCCN1C(=O)CC(Nc2ccc3c(c2)OCO3)C1=O. The number of carbonyl (C=O) groups excluding carboxylic acids is 2. The standard InChI is InChI=1S/C14H16N2O4/c1-2-5-16-13(17)7-10(14(16)18)15-9-3-4-11-12(6-9)20-8-19-11/h3-4,6,10,15H,2,5,7-8H2,1H3. The summed E-state index contributed by atoms with van der Waals surface area (Å²) in [4.78, 5) is 25.2. The average molecular weight is 276 g/mol. The van der Waals surface area contributed by atoms with E-state index < -0.39 is 6.04 Å². The van der Waals surface area contributed by atoms with Gasteiger partial charge in [0.25, 0.3) is 5.91 Å². The van der Waals surface area contributed by atoms with E-state index in [1.807, 2.05) is 13.0 Å². The first-order chi connectivity index (χ1) is 9.69. The molecule has 6 heteroatoms. The molecule has 2 heterocycles. The number of hydrogen-bond donors (Lipinski definition) is 1. The van der Waals surface area contributed by atoms with E-state index in [4.69, 9.17) is 9.47 Å². The largest absolute Gasteiger partial charge is 0.454 e. The van der Waals surface area contributed by atoms with Crippen molar-refractivity contribution in [1.29, 1.82) is 0 Å². The van der Waals surface area contributed by atoms with Crippen LogP contribution in [0.1, 0.15) is 19.8 Å². The van der Waals surface area contributed by atoms with E-state index in [1.54, 1.807) is 12.1 Å². The van der Waals surface area contributed by atoms with E-state index in [1.165, 1.54) is 4.90 Å². The van der Waals surface area contributed by atoms with Gasteiger partial charge in [0, 0.05) is 18.3 Å². The number of imide groups is 1. The van der Waals surface area contributed by atoms with Crippen LogP contribution in [0.4, 0.5) is 5.69 Å². The van der Waals surface area contributed by atoms with Gasteiger partial charge >= 0.3 is 0 Å². The van der Waals surface area contributed by atoms with Gasteiger partial charge in [-0.3, -0.25) is 14.5 Å². The number of fused-ring (bicyclic) bond motifs is 1. The zero-order valence-corrected chi connectivity index (χ0v) is 11.2. The highest BCUT2D eigenvalue weighted by Gasteiger charge is 2.37. The van der Waals surface area contributed by atoms with Gasteiger partial charge in [-0.1, -0.05) is 6.92 Å². The van der Waals surface area contributed by atoms with E-state index in [0.717, 1.165) is 12.1 Å². The third-order valence-corrected chi connectivity index (χ3v) is 3.40. The summed E-state index contributed by atoms with van der Waals surface area (Å²) in [5.74, 6) is 1.07. The van der Waals surface area contributed by atoms with Crippen molar-refractivity contribution in [3.05, 3.63) is 18.2 Å². The molecule has 3 rings (SSSR count). The van der Waals surface area contributed by atoms with Crippen molar-refractivity contribution in [2.75, 3.05) is 18.7 Å². The van der Waals surface area contributed by atoms with E-state index in [2.05, 4.69) is 5.32 Å². The maximum absolute atomic E-state index is 12.1. The molecule has 0 aromatic heterocycles. The first-order valence-corrected chi connectivity index (χ1v) is 6.69. The van der Waals surface area contributed by atoms with Crippen molar-refractivity contribution in [3.63, 3.8) is 0 Å². The predicted octanol–water partition coefficient (Wildman–Crippen LogP) is 1.36. The Morgan fingerprint density at radius 3 is 2.90 bits per heavy atom. The minimum Gasteiger partial charge on any atom is -0.454 e. The molecule has 1 aromatic carbocycles. The van der Waals surface area contributed by atoms with Crippen molar-refractivity contribution in [2.45, 2.75) is 25.8 Å². The average Bonchev–Trinajstić information content (AvgIpc) is 2.99. The summed E-state index contributed by atoms with van der Waals surface area (Å²) in [6, 6.07) is 4.89. The lowest BCUT2D eigenvalue weighted by Gasteiger charge is -2.15. The molecule has 1 saturated heterocycles. The van der Waals surface area contributed by atoms with Crippen molar-refractivity contribution >= 4 is 17.5 Å². The number of nitrogens with zero attached hydrogens (tertiary/aromatic N) is 1. The monoisotopic (exact) mass is 276 g/mol. The number of amides is 2. The molecular formula is C14H16N2O4. The van der Waals surface area contributed by atoms with Gasteiger partial charge in [0.05, 0.1) is 6.42 Å². The second kappa shape index (κ2) is 5.03. The number of anilines is 1. The number of ether oxygens (including phenoxy) is 2. The highest BCUT2D eigenvalue weighted by molar-refractivity contribution is 6.06. The summed E-state index contributed by atoms with van der Waals surface area (Å²) in [6.07, 6.45) is 0.974. The lowest BCUT2D eigenvalue weighted by atomic mass is 10.2. The fourth-order valence-corrected chi connectivity index (χ4v) is 2.44. The number of nitrogens with one attached hydrogen (secondary N) is 1. The Bertz CT molecular complexity index is 558. The minimum absolute atomic E-state index is 0.116. The zero-order chi connectivity index (χ0) is 14.1. The molecule has 106 valence electrons. The normalized spacial score (nSPS) is 20.6. The summed E-state index contributed by atoms with van der Waals surface area (Å²) >= 11 is 0. The molecule has 2 amide bonds. The Hall–Kier alpha value is -2.24. The maximum atomic E-state index is 12.1. The van der Waals surface area contributed by atoms with E-state index >= 15 is 0 Å². The van der Waals surface area contributed by atoms with Crippen LogP contribution in [0.15, 0.2) is 18.2 Å². The molecule has 0 spiro atoms. The first kappa shape index (κ1) is 12.8. The van der Waals surface area contributed by atoms with Gasteiger partial charge < -0.3 is 14.8 Å². The molecular weight excluding hydrogens is 260 g/mol. The summed E-state index contributed by atoms with van der Waals surface area (Å²) < 4.78 is 10.5. The van der Waals surface area contributed by atoms with Crippen molar-refractivity contribution in [2.24, 2.45) is 0 Å². The quantitative estimate of drug-likeness (QED) is 0.841. The van der Waals surface area contributed by atoms with Gasteiger partial charge in [0.15, 0.2) is 11.5 Å². The second-order valence-electron chi connectivity index (χ2n) is 4.85. The lowest BCUT2D eigenvalue weighted by molar-refractivity contribution is -0.138. The molecule has 0 saturated carbocycles. The third-order valence-electron chi connectivity index (χ3n) is 3.40. The van der Waals surface area contributed by atoms with Crippen LogP contribution >= 0.6 is 0 Å². The smallest absolute Gasteiger partial charge is 0.252 e. The Kier molecular flexibility index (Phi) is 3.22. The highest BCUT2D eigenvalue weighted by atomic mass is 16.7. The van der Waals surface area contributed by atoms with Gasteiger partial charge in [0.1, 0.15) is 6.04 Å². The van der Waals surface area contributed by atoms with Crippen LogP contribution < -0.4 is 14.8 Å². The summed E-state index contributed by atoms with van der Waals surface area (Å²) in [5.41, 5.74) is 0.749. The molecule has 0 bridgehead atoms. The zero-order valence-electron chi connectivity index (χ0n) is 11.2. The van der Waals surface area contributed by atoms with Crippen molar-refractivity contribution < 1.29 is 19.1 Å². The molecule has 1 atom stereocenters. The summed E-state index contributed by atoms with van der Waals surface area (Å²) in [7, 11) is 0. The molecule has 6 nitrogen and oxygen atoms in total. The lowest BCUT2D eigenvalue weighted by Crippen LogP contribution is -2.35. The Morgan fingerprint density at radius 2 is 2.10 bits per heavy atom. The van der Waals surface area contributed by atoms with Gasteiger partial charge in [-0.05, 0) is 18.6 Å². The second-order valence-corrected chi connectivity index (χ2v) is 4.85. The van der Waals surface area contributed by atoms with E-state index in [9.17, 15) is 9.59 Å². The molecule has 20 heavy (non-hydrogen) atoms. The van der Waals surface area contributed by atoms with Crippen molar-refractivity contribution in [1.82, 2.24) is 4.90 Å². The number of benzene rings is 1. The molecule has 2 aliphatic heterocycles. The molecule has 0 radical (unpaired) electrons. The van der Waals surface area contributed by atoms with Crippen LogP contribution in [0, 0.1) is 0 Å². The van der Waals surface area contributed by atoms with Gasteiger partial charge in [0.2, 0.25) is 12.7 Å². The van der Waals surface area contributed by atoms with Crippen molar-refractivity contribution in [3.8, 4) is 11.5 Å². The maximum Gasteiger partial charge on any atom is 0.252 e. The van der Waals surface area contributed by atoms with Crippen LogP contribution in [-0.4, -0.2) is 36.1 Å². The fourth-order valence-electron chi connectivity index (χ4n) is 2.44. The fraction of sp³-hybridized carbons (Fsp3) is 0.429. The van der Waals surface area contributed by atoms with Gasteiger partial charge in [-0.15, -0.1) is 0 Å². The number of rotatable bonds is 4. The number of likely N-dealkylation sites (tertiary alicyclic amines) is 1. The van der Waals surface area contributed by atoms with Gasteiger partial charge in [-0.2, -0.15) is 0 Å². The molecule has 1 unspecified atom stereocenters. The van der Waals surface area contributed by atoms with Crippen LogP contribution in [-0.2, 0) is 9.59 Å². The topological polar surface area (TPSA) is 67.9 Å². The number of hydrogen-bond acceptors (Lipinski definition) is 5. The predicted molar refractivity (Wildman–Crippen MR) is 71.6 cm³/mol. The van der Waals surface area contributed by atoms with E-state index in [0.29, 0.717) is 18.0 Å². The van der Waals surface area contributed by atoms with Crippen LogP contribution in [0.5, 0.6) is 11.5 Å². The minimum atomic E-state index is -0.491. The van der Waals surface area contributed by atoms with Crippen LogP contribution in [0.2, 0.25) is 0 Å². The van der Waals surface area contributed by atoms with Crippen LogP contribution in [0.3, 0.4) is 0 Å². The molecule has 0 aliphatic carbocycles. The van der Waals surface area contributed by atoms with Crippen LogP contribution in [0.25, 0.3) is 0 Å². The Morgan fingerprint density at radius 1 is 1.30 bits per heavy atom. The summed E-state index contributed by atoms with van der Waals surface area (Å²) in [5, 5.41) is 3.09. The number of carbonyl (C=O) groups is 2. The first-order valence-electron chi connectivity index (χ1n) is 6.69. The molecule has 2 aliphatic rings. The summed E-state index contributed by atoms with van der Waals surface area (Å²) in [6.45, 7) is 2.64. The molecule has 1 N–H and O–H groups in total. The third kappa shape index (κ3) is 2.17.